The summed E-state index contributed by atoms with van der Waals surface area (Å²) in [5, 5.41) is 0. The van der Waals surface area contributed by atoms with Crippen LogP contribution in [0.15, 0.2) is 24.3 Å². The molecule has 2 heterocycles. The Morgan fingerprint density at radius 3 is 2.71 bits per heavy atom. The molecule has 4 nitrogen and oxygen atoms in total. The summed E-state index contributed by atoms with van der Waals surface area (Å²) in [7, 11) is 0. The molecule has 0 aromatic heterocycles. The number of carbonyl (C=O) groups is 2. The number of unbranched alkanes of at least 4 members (excludes halogenated alkanes) is 1. The number of hydrogen-bond donors (Lipinski definition) is 0. The molecule has 0 bridgehead atoms. The Balaban J connectivity index is 1.72. The predicted molar refractivity (Wildman–Crippen MR) is 78.9 cm³/mol. The Bertz CT molecular complexity index is 559. The third-order valence-electron chi connectivity index (χ3n) is 4.59. The molecule has 1 fully saturated rings. The van der Waals surface area contributed by atoms with E-state index in [1.807, 2.05) is 29.2 Å². The van der Waals surface area contributed by atoms with Crippen LogP contribution in [-0.4, -0.2) is 29.9 Å². The van der Waals surface area contributed by atoms with Crippen LogP contribution in [0.4, 0.5) is 0 Å². The van der Waals surface area contributed by atoms with E-state index in [0.29, 0.717) is 37.9 Å². The molecule has 3 rings (SSSR count). The average molecular weight is 287 g/mol. The van der Waals surface area contributed by atoms with Crippen molar-refractivity contribution in [2.75, 3.05) is 13.1 Å². The first kappa shape index (κ1) is 14.1. The van der Waals surface area contributed by atoms with Gasteiger partial charge in [-0.25, -0.2) is 4.79 Å². The third kappa shape index (κ3) is 2.43. The molecular weight excluding hydrogens is 266 g/mol. The average Bonchev–Trinajstić information content (AvgIpc) is 2.79. The van der Waals surface area contributed by atoms with Crippen molar-refractivity contribution in [1.29, 1.82) is 0 Å². The molecule has 0 N–H and O–H groups in total. The number of hydrogen-bond acceptors (Lipinski definition) is 3. The molecule has 1 saturated heterocycles. The highest BCUT2D eigenvalue weighted by molar-refractivity contribution is 5.94. The summed E-state index contributed by atoms with van der Waals surface area (Å²) in [4.78, 5) is 26.0. The zero-order valence-electron chi connectivity index (χ0n) is 12.4. The van der Waals surface area contributed by atoms with Gasteiger partial charge in [-0.3, -0.25) is 4.79 Å². The lowest BCUT2D eigenvalue weighted by molar-refractivity contribution is -0.135. The molecule has 21 heavy (non-hydrogen) atoms. The molecular formula is C17H21NO3. The summed E-state index contributed by atoms with van der Waals surface area (Å²) in [6.07, 6.45) is 4.01. The molecule has 1 aromatic rings. The Hall–Kier alpha value is -1.84. The molecule has 1 amide bonds. The first-order chi connectivity index (χ1) is 10.2. The lowest BCUT2D eigenvalue weighted by Crippen LogP contribution is -2.45. The highest BCUT2D eigenvalue weighted by Crippen LogP contribution is 2.43. The topological polar surface area (TPSA) is 46.6 Å². The highest BCUT2D eigenvalue weighted by Gasteiger charge is 2.47. The molecule has 4 heteroatoms. The molecule has 0 saturated carbocycles. The number of amides is 1. The summed E-state index contributed by atoms with van der Waals surface area (Å²) in [6, 6.07) is 7.61. The fraction of sp³-hybridized carbons (Fsp3) is 0.529. The van der Waals surface area contributed by atoms with Gasteiger partial charge in [-0.1, -0.05) is 31.5 Å². The van der Waals surface area contributed by atoms with Gasteiger partial charge in [0.1, 0.15) is 5.60 Å². The van der Waals surface area contributed by atoms with Crippen molar-refractivity contribution < 1.29 is 14.3 Å². The van der Waals surface area contributed by atoms with Crippen LogP contribution in [0.5, 0.6) is 0 Å². The minimum Gasteiger partial charge on any atom is -0.450 e. The van der Waals surface area contributed by atoms with Crippen molar-refractivity contribution in [3.63, 3.8) is 0 Å². The lowest BCUT2D eigenvalue weighted by atomic mass is 9.83. The van der Waals surface area contributed by atoms with E-state index >= 15 is 0 Å². The molecule has 0 radical (unpaired) electrons. The first-order valence-corrected chi connectivity index (χ1v) is 7.77. The SMILES string of the molecule is CCCCC(=O)N1CCC2(CC1)OC(=O)c1ccccc12. The van der Waals surface area contributed by atoms with Gasteiger partial charge in [0.15, 0.2) is 0 Å². The van der Waals surface area contributed by atoms with Gasteiger partial charge in [0.05, 0.1) is 5.56 Å². The molecule has 2 aliphatic rings. The molecule has 0 aliphatic carbocycles. The standard InChI is InChI=1S/C17H21NO3/c1-2-3-8-15(19)18-11-9-17(10-12-18)14-7-5-4-6-13(14)16(20)21-17/h4-7H,2-3,8-12H2,1H3. The van der Waals surface area contributed by atoms with Crippen LogP contribution in [0.2, 0.25) is 0 Å². The highest BCUT2D eigenvalue weighted by atomic mass is 16.6. The maximum absolute atomic E-state index is 12.1. The number of fused-ring (bicyclic) bond motifs is 2. The first-order valence-electron chi connectivity index (χ1n) is 7.77. The number of carbonyl (C=O) groups excluding carboxylic acids is 2. The van der Waals surface area contributed by atoms with Crippen LogP contribution >= 0.6 is 0 Å². The Morgan fingerprint density at radius 1 is 1.29 bits per heavy atom. The van der Waals surface area contributed by atoms with Crippen molar-refractivity contribution >= 4 is 11.9 Å². The van der Waals surface area contributed by atoms with Gasteiger partial charge in [0.25, 0.3) is 0 Å². The van der Waals surface area contributed by atoms with Gasteiger partial charge in [0, 0.05) is 37.9 Å². The van der Waals surface area contributed by atoms with Crippen LogP contribution in [0.1, 0.15) is 54.9 Å². The maximum atomic E-state index is 12.1. The van der Waals surface area contributed by atoms with E-state index < -0.39 is 5.60 Å². The number of nitrogens with zero attached hydrogens (tertiary/aromatic N) is 1. The van der Waals surface area contributed by atoms with E-state index in [1.54, 1.807) is 0 Å². The molecule has 2 aliphatic heterocycles. The van der Waals surface area contributed by atoms with Gasteiger partial charge in [-0.2, -0.15) is 0 Å². The van der Waals surface area contributed by atoms with E-state index in [-0.39, 0.29) is 11.9 Å². The Kier molecular flexibility index (Phi) is 3.70. The number of benzene rings is 1. The van der Waals surface area contributed by atoms with Crippen molar-refractivity contribution in [1.82, 2.24) is 4.90 Å². The van der Waals surface area contributed by atoms with E-state index in [9.17, 15) is 9.59 Å². The lowest BCUT2D eigenvalue weighted by Gasteiger charge is -2.38. The monoisotopic (exact) mass is 287 g/mol. The minimum atomic E-state index is -0.505. The van der Waals surface area contributed by atoms with Crippen LogP contribution in [0.3, 0.4) is 0 Å². The van der Waals surface area contributed by atoms with E-state index in [2.05, 4.69) is 6.92 Å². The van der Waals surface area contributed by atoms with Crippen LogP contribution in [0.25, 0.3) is 0 Å². The van der Waals surface area contributed by atoms with E-state index in [0.717, 1.165) is 18.4 Å². The van der Waals surface area contributed by atoms with Crippen molar-refractivity contribution in [2.24, 2.45) is 0 Å². The zero-order chi connectivity index (χ0) is 14.9. The largest absolute Gasteiger partial charge is 0.450 e. The van der Waals surface area contributed by atoms with Crippen molar-refractivity contribution in [2.45, 2.75) is 44.6 Å². The summed E-state index contributed by atoms with van der Waals surface area (Å²) in [5.74, 6) is 0.000619. The number of rotatable bonds is 3. The number of ether oxygens (including phenoxy) is 1. The Morgan fingerprint density at radius 2 is 2.00 bits per heavy atom. The van der Waals surface area contributed by atoms with Crippen molar-refractivity contribution in [3.8, 4) is 0 Å². The van der Waals surface area contributed by atoms with Gasteiger partial charge >= 0.3 is 5.97 Å². The zero-order valence-corrected chi connectivity index (χ0v) is 12.4. The second kappa shape index (κ2) is 5.51. The molecule has 1 spiro atoms. The Labute approximate surface area is 125 Å². The molecule has 0 unspecified atom stereocenters. The predicted octanol–water partition coefficient (Wildman–Crippen LogP) is 2.86. The van der Waals surface area contributed by atoms with E-state index in [1.165, 1.54) is 0 Å². The molecule has 1 aromatic carbocycles. The smallest absolute Gasteiger partial charge is 0.339 e. The summed E-state index contributed by atoms with van der Waals surface area (Å²) in [6.45, 7) is 3.43. The van der Waals surface area contributed by atoms with Crippen LogP contribution in [-0.2, 0) is 15.1 Å². The third-order valence-corrected chi connectivity index (χ3v) is 4.59. The normalized spacial score (nSPS) is 19.5. The number of piperidine rings is 1. The summed E-state index contributed by atoms with van der Waals surface area (Å²) < 4.78 is 5.69. The van der Waals surface area contributed by atoms with Crippen molar-refractivity contribution in [3.05, 3.63) is 35.4 Å². The fourth-order valence-corrected chi connectivity index (χ4v) is 3.32. The second-order valence-corrected chi connectivity index (χ2v) is 5.91. The fourth-order valence-electron chi connectivity index (χ4n) is 3.32. The molecule has 0 atom stereocenters. The second-order valence-electron chi connectivity index (χ2n) is 5.91. The van der Waals surface area contributed by atoms with E-state index in [4.69, 9.17) is 4.74 Å². The van der Waals surface area contributed by atoms with Gasteiger partial charge < -0.3 is 9.64 Å². The minimum absolute atomic E-state index is 0.226. The summed E-state index contributed by atoms with van der Waals surface area (Å²) in [5.41, 5.74) is 1.17. The summed E-state index contributed by atoms with van der Waals surface area (Å²) >= 11 is 0. The maximum Gasteiger partial charge on any atom is 0.339 e. The van der Waals surface area contributed by atoms with Gasteiger partial charge in [-0.05, 0) is 12.5 Å². The number of likely N-dealkylation sites (tertiary alicyclic amines) is 1. The van der Waals surface area contributed by atoms with Crippen LogP contribution < -0.4 is 0 Å². The van der Waals surface area contributed by atoms with Gasteiger partial charge in [-0.15, -0.1) is 0 Å². The molecule has 112 valence electrons. The van der Waals surface area contributed by atoms with Gasteiger partial charge in [0.2, 0.25) is 5.91 Å². The van der Waals surface area contributed by atoms with Crippen LogP contribution in [0, 0.1) is 0 Å². The number of esters is 1. The quantitative estimate of drug-likeness (QED) is 0.803.